The van der Waals surface area contributed by atoms with Crippen molar-refractivity contribution in [3.63, 3.8) is 0 Å². The number of carbonyl (C=O) groups excluding carboxylic acids is 2. The minimum Gasteiger partial charge on any atom is -0.462 e. The molecule has 2 rings (SSSR count). The van der Waals surface area contributed by atoms with Crippen LogP contribution in [0.4, 0.5) is 9.39 Å². The molecule has 0 saturated carbocycles. The number of ether oxygens (including phenoxy) is 1. The number of halogens is 2. The molecular weight excluding hydrogens is 409 g/mol. The van der Waals surface area contributed by atoms with Crippen molar-refractivity contribution in [2.75, 3.05) is 11.9 Å². The summed E-state index contributed by atoms with van der Waals surface area (Å²) in [4.78, 5) is 24.8. The van der Waals surface area contributed by atoms with Gasteiger partial charge in [0.15, 0.2) is 0 Å². The maximum absolute atomic E-state index is 14.0. The third-order valence-corrected chi connectivity index (χ3v) is 4.87. The standard InChI is InChI=1S/C18H19BrFNO3S/c1-5-24-17(23)14-12(18(2,3)4)9-25-16(14)21-15(22)11-7-6-10(19)8-13(11)20/h6-9H,5H2,1-4H3,(H,21,22). The van der Waals surface area contributed by atoms with Gasteiger partial charge in [-0.15, -0.1) is 11.3 Å². The summed E-state index contributed by atoms with van der Waals surface area (Å²) in [6, 6.07) is 4.19. The third kappa shape index (κ3) is 4.46. The van der Waals surface area contributed by atoms with Crippen LogP contribution in [-0.2, 0) is 10.2 Å². The molecule has 1 N–H and O–H groups in total. The Balaban J connectivity index is 2.40. The van der Waals surface area contributed by atoms with Gasteiger partial charge in [-0.25, -0.2) is 9.18 Å². The molecule has 2 aromatic rings. The normalized spacial score (nSPS) is 11.3. The Hall–Kier alpha value is -1.73. The van der Waals surface area contributed by atoms with Crippen LogP contribution in [0.5, 0.6) is 0 Å². The fraction of sp³-hybridized carbons (Fsp3) is 0.333. The van der Waals surface area contributed by atoms with Crippen molar-refractivity contribution in [2.45, 2.75) is 33.1 Å². The lowest BCUT2D eigenvalue weighted by Gasteiger charge is -2.19. The summed E-state index contributed by atoms with van der Waals surface area (Å²) < 4.78 is 19.7. The number of benzene rings is 1. The lowest BCUT2D eigenvalue weighted by atomic mass is 9.86. The first-order chi connectivity index (χ1) is 11.6. The second-order valence-electron chi connectivity index (χ2n) is 6.40. The number of carbonyl (C=O) groups is 2. The van der Waals surface area contributed by atoms with Gasteiger partial charge in [0.25, 0.3) is 5.91 Å². The molecule has 0 radical (unpaired) electrons. The average Bonchev–Trinajstić information content (AvgIpc) is 2.91. The maximum Gasteiger partial charge on any atom is 0.341 e. The SMILES string of the molecule is CCOC(=O)c1c(C(C)(C)C)csc1NC(=O)c1ccc(Br)cc1F. The third-order valence-electron chi connectivity index (χ3n) is 3.48. The first-order valence-electron chi connectivity index (χ1n) is 7.70. The molecule has 1 aromatic heterocycles. The van der Waals surface area contributed by atoms with E-state index in [0.29, 0.717) is 15.0 Å². The van der Waals surface area contributed by atoms with E-state index in [-0.39, 0.29) is 17.6 Å². The van der Waals surface area contributed by atoms with Crippen LogP contribution in [0.1, 0.15) is 54.0 Å². The number of hydrogen-bond donors (Lipinski definition) is 1. The zero-order valence-corrected chi connectivity index (χ0v) is 16.8. The number of nitrogens with one attached hydrogen (secondary N) is 1. The Bertz CT molecular complexity index is 811. The minimum atomic E-state index is -0.642. The van der Waals surface area contributed by atoms with Gasteiger partial charge >= 0.3 is 5.97 Å². The van der Waals surface area contributed by atoms with E-state index in [1.165, 1.54) is 23.5 Å². The Labute approximate surface area is 158 Å². The van der Waals surface area contributed by atoms with Crippen LogP contribution in [0.15, 0.2) is 28.1 Å². The largest absolute Gasteiger partial charge is 0.462 e. The smallest absolute Gasteiger partial charge is 0.341 e. The number of rotatable bonds is 4. The predicted molar refractivity (Wildman–Crippen MR) is 101 cm³/mol. The van der Waals surface area contributed by atoms with Crippen molar-refractivity contribution >= 4 is 44.1 Å². The molecule has 1 amide bonds. The molecule has 0 atom stereocenters. The summed E-state index contributed by atoms with van der Waals surface area (Å²) in [5.41, 5.74) is 0.709. The number of amides is 1. The van der Waals surface area contributed by atoms with Gasteiger partial charge in [0, 0.05) is 4.47 Å². The molecule has 0 unspecified atom stereocenters. The fourth-order valence-electron chi connectivity index (χ4n) is 2.25. The Morgan fingerprint density at radius 2 is 2.00 bits per heavy atom. The molecule has 0 aliphatic heterocycles. The number of thiophene rings is 1. The molecule has 0 spiro atoms. The molecular formula is C18H19BrFNO3S. The maximum atomic E-state index is 14.0. The first kappa shape index (κ1) is 19.6. The quantitative estimate of drug-likeness (QED) is 0.666. The van der Waals surface area contributed by atoms with Crippen molar-refractivity contribution in [3.8, 4) is 0 Å². The van der Waals surface area contributed by atoms with E-state index in [2.05, 4.69) is 21.2 Å². The van der Waals surface area contributed by atoms with Gasteiger partial charge in [-0.05, 0) is 41.5 Å². The van der Waals surface area contributed by atoms with Gasteiger partial charge in [0.05, 0.1) is 17.7 Å². The first-order valence-corrected chi connectivity index (χ1v) is 9.38. The molecule has 0 saturated heterocycles. The highest BCUT2D eigenvalue weighted by Crippen LogP contribution is 2.37. The highest BCUT2D eigenvalue weighted by Gasteiger charge is 2.28. The van der Waals surface area contributed by atoms with Gasteiger partial charge in [0.2, 0.25) is 0 Å². The highest BCUT2D eigenvalue weighted by molar-refractivity contribution is 9.10. The molecule has 1 aromatic carbocycles. The van der Waals surface area contributed by atoms with Crippen molar-refractivity contribution in [1.29, 1.82) is 0 Å². The van der Waals surface area contributed by atoms with Gasteiger partial charge in [-0.3, -0.25) is 4.79 Å². The van der Waals surface area contributed by atoms with Gasteiger partial charge in [-0.1, -0.05) is 36.7 Å². The Kier molecular flexibility index (Phi) is 6.00. The summed E-state index contributed by atoms with van der Waals surface area (Å²) in [6.45, 7) is 7.86. The predicted octanol–water partition coefficient (Wildman–Crippen LogP) is 5.38. The lowest BCUT2D eigenvalue weighted by molar-refractivity contribution is 0.0525. The average molecular weight is 428 g/mol. The van der Waals surface area contributed by atoms with Crippen molar-refractivity contribution in [1.82, 2.24) is 0 Å². The lowest BCUT2D eigenvalue weighted by Crippen LogP contribution is -2.20. The highest BCUT2D eigenvalue weighted by atomic mass is 79.9. The van der Waals surface area contributed by atoms with Gasteiger partial charge in [0.1, 0.15) is 10.8 Å². The number of anilines is 1. The molecule has 25 heavy (non-hydrogen) atoms. The summed E-state index contributed by atoms with van der Waals surface area (Å²) >= 11 is 4.38. The van der Waals surface area contributed by atoms with Crippen molar-refractivity contribution < 1.29 is 18.7 Å². The number of esters is 1. The van der Waals surface area contributed by atoms with Crippen molar-refractivity contribution in [3.05, 3.63) is 50.6 Å². The van der Waals surface area contributed by atoms with Crippen LogP contribution >= 0.6 is 27.3 Å². The Morgan fingerprint density at radius 3 is 2.56 bits per heavy atom. The van der Waals surface area contributed by atoms with Gasteiger partial charge < -0.3 is 10.1 Å². The second kappa shape index (κ2) is 7.66. The Morgan fingerprint density at radius 1 is 1.32 bits per heavy atom. The van der Waals surface area contributed by atoms with E-state index < -0.39 is 17.7 Å². The summed E-state index contributed by atoms with van der Waals surface area (Å²) in [5.74, 6) is -1.75. The van der Waals surface area contributed by atoms with Crippen LogP contribution in [0.3, 0.4) is 0 Å². The van der Waals surface area contributed by atoms with Crippen LogP contribution in [0, 0.1) is 5.82 Å². The van der Waals surface area contributed by atoms with E-state index in [1.807, 2.05) is 26.2 Å². The van der Waals surface area contributed by atoms with E-state index in [4.69, 9.17) is 4.74 Å². The van der Waals surface area contributed by atoms with E-state index in [0.717, 1.165) is 5.56 Å². The molecule has 0 aliphatic carbocycles. The van der Waals surface area contributed by atoms with E-state index in [9.17, 15) is 14.0 Å². The van der Waals surface area contributed by atoms with Crippen LogP contribution in [-0.4, -0.2) is 18.5 Å². The summed E-state index contributed by atoms with van der Waals surface area (Å²) in [6.07, 6.45) is 0. The van der Waals surface area contributed by atoms with Crippen molar-refractivity contribution in [2.24, 2.45) is 0 Å². The molecule has 7 heteroatoms. The molecule has 134 valence electrons. The van der Waals surface area contributed by atoms with E-state index in [1.54, 1.807) is 13.0 Å². The molecule has 0 aliphatic rings. The van der Waals surface area contributed by atoms with Crippen LogP contribution in [0.2, 0.25) is 0 Å². The minimum absolute atomic E-state index is 0.0938. The molecule has 0 fully saturated rings. The summed E-state index contributed by atoms with van der Waals surface area (Å²) in [5, 5.41) is 4.82. The molecule has 0 bridgehead atoms. The fourth-order valence-corrected chi connectivity index (χ4v) is 3.75. The number of hydrogen-bond acceptors (Lipinski definition) is 4. The topological polar surface area (TPSA) is 55.4 Å². The molecule has 1 heterocycles. The molecule has 4 nitrogen and oxygen atoms in total. The van der Waals surface area contributed by atoms with Gasteiger partial charge in [-0.2, -0.15) is 0 Å². The summed E-state index contributed by atoms with van der Waals surface area (Å²) in [7, 11) is 0. The monoisotopic (exact) mass is 427 g/mol. The van der Waals surface area contributed by atoms with Crippen LogP contribution < -0.4 is 5.32 Å². The van der Waals surface area contributed by atoms with Crippen LogP contribution in [0.25, 0.3) is 0 Å². The zero-order valence-electron chi connectivity index (χ0n) is 14.4. The van der Waals surface area contributed by atoms with E-state index >= 15 is 0 Å². The zero-order chi connectivity index (χ0) is 18.8. The second-order valence-corrected chi connectivity index (χ2v) is 8.20.